The molecule has 0 aliphatic carbocycles. The van der Waals surface area contributed by atoms with Gasteiger partial charge in [0.25, 0.3) is 5.75 Å². The van der Waals surface area contributed by atoms with E-state index in [1.165, 1.54) is 24.3 Å². The van der Waals surface area contributed by atoms with Crippen molar-refractivity contribution in [2.45, 2.75) is 0 Å². The van der Waals surface area contributed by atoms with Crippen LogP contribution in [0.1, 0.15) is 5.56 Å². The Morgan fingerprint density at radius 1 is 1.30 bits per heavy atom. The number of rotatable bonds is 2. The van der Waals surface area contributed by atoms with Crippen molar-refractivity contribution in [3.8, 4) is 23.0 Å². The van der Waals surface area contributed by atoms with E-state index < -0.39 is 5.82 Å². The third-order valence-electron chi connectivity index (χ3n) is 2.94. The van der Waals surface area contributed by atoms with Crippen LogP contribution in [0.25, 0.3) is 28.6 Å². The number of aromatic nitrogens is 1. The number of oxazole rings is 1. The Morgan fingerprint density at radius 3 is 2.80 bits per heavy atom. The van der Waals surface area contributed by atoms with Gasteiger partial charge in [0, 0.05) is 23.3 Å². The summed E-state index contributed by atoms with van der Waals surface area (Å²) in [6.07, 6.45) is 1.55. The predicted molar refractivity (Wildman–Crippen MR) is 74.2 cm³/mol. The molecule has 0 amide bonds. The molecule has 0 radical (unpaired) electrons. The minimum absolute atomic E-state index is 0.0555. The monoisotopic (exact) mass is 272 g/mol. The summed E-state index contributed by atoms with van der Waals surface area (Å²) < 4.78 is 19.0. The maximum absolute atomic E-state index is 13.4. The molecule has 3 aromatic rings. The Hall–Kier alpha value is -2.82. The van der Waals surface area contributed by atoms with Gasteiger partial charge in [0.2, 0.25) is 11.7 Å². The van der Waals surface area contributed by atoms with Crippen LogP contribution in [0.15, 0.2) is 41.3 Å². The number of fused-ring (bicyclic) bond motifs is 1. The Bertz CT molecular complexity index is 823. The zero-order valence-corrected chi connectivity index (χ0v) is 10.4. The van der Waals surface area contributed by atoms with E-state index in [9.17, 15) is 9.50 Å². The highest BCUT2D eigenvalue weighted by Crippen LogP contribution is 2.31. The van der Waals surface area contributed by atoms with Crippen molar-refractivity contribution < 1.29 is 19.0 Å². The smallest absolute Gasteiger partial charge is 0.290 e. The maximum atomic E-state index is 13.4. The van der Waals surface area contributed by atoms with Crippen LogP contribution >= 0.6 is 0 Å². The second kappa shape index (κ2) is 4.38. The maximum Gasteiger partial charge on any atom is 0.290 e. The highest BCUT2D eigenvalue weighted by molar-refractivity contribution is 5.86. The number of phenolic OH excluding ortho intramolecular Hbond substituents is 1. The lowest BCUT2D eigenvalue weighted by Crippen LogP contribution is -1.80. The zero-order valence-electron chi connectivity index (χ0n) is 10.4. The Balaban J connectivity index is 2.22. The molecular formula is C15H11FNO3+. The zero-order chi connectivity index (χ0) is 14.3. The fourth-order valence-corrected chi connectivity index (χ4v) is 1.97. The lowest BCUT2D eigenvalue weighted by atomic mass is 10.2. The summed E-state index contributed by atoms with van der Waals surface area (Å²) in [6.45, 7) is 3.65. The number of benzene rings is 2. The standard InChI is InChI=1S/C15H10FNO3/c1-2-8-5-10(18)7-12-14(8)20-15(17-12)9-3-4-13(19)11(16)6-9/h2-7,18-19H,1H2/p+1. The summed E-state index contributed by atoms with van der Waals surface area (Å²) in [5, 5.41) is 16.9. The van der Waals surface area contributed by atoms with E-state index in [-0.39, 0.29) is 17.4 Å². The molecule has 100 valence electrons. The van der Waals surface area contributed by atoms with E-state index in [1.807, 2.05) is 0 Å². The van der Waals surface area contributed by atoms with Gasteiger partial charge in [0.15, 0.2) is 5.58 Å². The first-order valence-corrected chi connectivity index (χ1v) is 5.86. The molecule has 0 spiro atoms. The lowest BCUT2D eigenvalue weighted by Gasteiger charge is -1.96. The van der Waals surface area contributed by atoms with Crippen molar-refractivity contribution in [2.75, 3.05) is 0 Å². The van der Waals surface area contributed by atoms with Crippen LogP contribution in [0.4, 0.5) is 4.39 Å². The van der Waals surface area contributed by atoms with Gasteiger partial charge >= 0.3 is 0 Å². The van der Waals surface area contributed by atoms with Gasteiger partial charge in [0.1, 0.15) is 11.3 Å². The highest BCUT2D eigenvalue weighted by Gasteiger charge is 2.14. The largest absolute Gasteiger partial charge is 0.591 e. The first-order chi connectivity index (χ1) is 9.58. The van der Waals surface area contributed by atoms with Gasteiger partial charge in [-0.1, -0.05) is 12.7 Å². The summed E-state index contributed by atoms with van der Waals surface area (Å²) in [5.41, 5.74) is 1.98. The molecule has 1 aromatic heterocycles. The third kappa shape index (κ3) is 1.89. The second-order valence-corrected chi connectivity index (χ2v) is 4.30. The van der Waals surface area contributed by atoms with Crippen LogP contribution in [0.5, 0.6) is 11.5 Å². The molecule has 2 aromatic carbocycles. The van der Waals surface area contributed by atoms with Crippen molar-refractivity contribution in [3.05, 3.63) is 48.3 Å². The average Bonchev–Trinajstić information content (AvgIpc) is 2.84. The number of phenols is 1. The van der Waals surface area contributed by atoms with E-state index in [0.717, 1.165) is 0 Å². The first-order valence-electron chi connectivity index (χ1n) is 5.86. The summed E-state index contributed by atoms with van der Waals surface area (Å²) >= 11 is 0. The molecule has 0 atom stereocenters. The van der Waals surface area contributed by atoms with Crippen molar-refractivity contribution in [2.24, 2.45) is 0 Å². The van der Waals surface area contributed by atoms with E-state index in [0.29, 0.717) is 22.2 Å². The van der Waals surface area contributed by atoms with E-state index >= 15 is 0 Å². The number of nitrogens with zero attached hydrogens (tertiary/aromatic N) is 1. The second-order valence-electron chi connectivity index (χ2n) is 4.30. The molecule has 3 rings (SSSR count). The molecule has 0 saturated carbocycles. The van der Waals surface area contributed by atoms with Gasteiger partial charge in [-0.05, 0) is 18.2 Å². The van der Waals surface area contributed by atoms with Gasteiger partial charge in [-0.2, -0.15) is 4.39 Å². The molecule has 0 aliphatic heterocycles. The van der Waals surface area contributed by atoms with E-state index in [1.54, 1.807) is 12.1 Å². The molecule has 20 heavy (non-hydrogen) atoms. The van der Waals surface area contributed by atoms with Crippen molar-refractivity contribution >= 4 is 17.2 Å². The number of aromatic hydroxyl groups is 1. The fraction of sp³-hybridized carbons (Fsp3) is 0. The van der Waals surface area contributed by atoms with Crippen molar-refractivity contribution in [1.82, 2.24) is 4.98 Å². The van der Waals surface area contributed by atoms with Crippen molar-refractivity contribution in [1.29, 1.82) is 0 Å². The summed E-state index contributed by atoms with van der Waals surface area (Å²) in [7, 11) is 0. The lowest BCUT2D eigenvalue weighted by molar-refractivity contribution is 0.432. The molecule has 0 bridgehead atoms. The van der Waals surface area contributed by atoms with Gasteiger partial charge in [0.05, 0.1) is 0 Å². The van der Waals surface area contributed by atoms with Crippen LogP contribution in [0.2, 0.25) is 0 Å². The van der Waals surface area contributed by atoms with Crippen LogP contribution in [-0.4, -0.2) is 15.2 Å². The van der Waals surface area contributed by atoms with Crippen LogP contribution < -0.4 is 0 Å². The normalized spacial score (nSPS) is 10.8. The van der Waals surface area contributed by atoms with Crippen molar-refractivity contribution in [3.63, 3.8) is 0 Å². The van der Waals surface area contributed by atoms with Crippen LogP contribution in [-0.2, 0) is 0 Å². The van der Waals surface area contributed by atoms with Gasteiger partial charge < -0.3 is 14.6 Å². The van der Waals surface area contributed by atoms with Gasteiger partial charge in [-0.3, -0.25) is 0 Å². The molecule has 0 unspecified atom stereocenters. The molecule has 3 N–H and O–H groups in total. The molecule has 4 nitrogen and oxygen atoms in total. The molecule has 5 heteroatoms. The third-order valence-corrected chi connectivity index (χ3v) is 2.94. The van der Waals surface area contributed by atoms with E-state index in [2.05, 4.69) is 11.6 Å². The summed E-state index contributed by atoms with van der Waals surface area (Å²) in [6, 6.07) is 7.07. The molecule has 0 fully saturated rings. The topological polar surface area (TPSA) is 69.2 Å². The molecule has 0 aliphatic rings. The number of hydrogen-bond donors (Lipinski definition) is 1. The SMILES string of the molecule is C=Cc1cc(O)cc2nc(-c3ccc([OH2+])c(F)c3)oc12. The fourth-order valence-electron chi connectivity index (χ4n) is 1.97. The molecule has 1 heterocycles. The summed E-state index contributed by atoms with van der Waals surface area (Å²) in [4.78, 5) is 4.22. The van der Waals surface area contributed by atoms with Gasteiger partial charge in [-0.15, -0.1) is 0 Å². The van der Waals surface area contributed by atoms with Crippen LogP contribution in [0.3, 0.4) is 0 Å². The van der Waals surface area contributed by atoms with Crippen LogP contribution in [0, 0.1) is 5.82 Å². The van der Waals surface area contributed by atoms with Gasteiger partial charge in [-0.25, -0.2) is 4.98 Å². The minimum atomic E-state index is -0.642. The first kappa shape index (κ1) is 12.2. The molecular weight excluding hydrogens is 261 g/mol. The Kier molecular flexibility index (Phi) is 2.68. The molecule has 0 saturated heterocycles. The quantitative estimate of drug-likeness (QED) is 0.727. The van der Waals surface area contributed by atoms with E-state index in [4.69, 9.17) is 9.52 Å². The highest BCUT2D eigenvalue weighted by atomic mass is 19.1. The number of hydrogen-bond acceptors (Lipinski definition) is 3. The minimum Gasteiger partial charge on any atom is -0.591 e. The number of halogens is 1. The summed E-state index contributed by atoms with van der Waals surface area (Å²) in [5.74, 6) is -0.543. The Morgan fingerprint density at radius 2 is 2.10 bits per heavy atom. The Labute approximate surface area is 113 Å². The average molecular weight is 272 g/mol. The predicted octanol–water partition coefficient (Wildman–Crippen LogP) is 3.42.